The van der Waals surface area contributed by atoms with E-state index in [1.165, 1.54) is 0 Å². The van der Waals surface area contributed by atoms with Crippen molar-refractivity contribution in [3.8, 4) is 0 Å². The van der Waals surface area contributed by atoms with Crippen LogP contribution in [0.4, 0.5) is 0 Å². The third kappa shape index (κ3) is 5.12. The first kappa shape index (κ1) is 17.0. The van der Waals surface area contributed by atoms with Crippen molar-refractivity contribution in [3.63, 3.8) is 0 Å². The standard InChI is InChI=1S/C15H29N3O2/c1-11(2)9-13(16)15(20)18-7-5-17(6-8-18)14(19)10-12(3)4/h11-13H,5-10,16H2,1-4H3/t13-/m0/s1. The van der Waals surface area contributed by atoms with Gasteiger partial charge in [-0.15, -0.1) is 0 Å². The first-order chi connectivity index (χ1) is 9.31. The molecule has 1 aliphatic heterocycles. The Morgan fingerprint density at radius 3 is 1.90 bits per heavy atom. The van der Waals surface area contributed by atoms with Crippen LogP contribution in [0.3, 0.4) is 0 Å². The fraction of sp³-hybridized carbons (Fsp3) is 0.867. The summed E-state index contributed by atoms with van der Waals surface area (Å²) in [5.74, 6) is 1.01. The van der Waals surface area contributed by atoms with Crippen molar-refractivity contribution in [1.29, 1.82) is 0 Å². The minimum Gasteiger partial charge on any atom is -0.339 e. The van der Waals surface area contributed by atoms with Gasteiger partial charge in [0, 0.05) is 32.6 Å². The molecule has 0 radical (unpaired) electrons. The average molecular weight is 283 g/mol. The second kappa shape index (κ2) is 7.62. The van der Waals surface area contributed by atoms with Crippen molar-refractivity contribution in [2.24, 2.45) is 17.6 Å². The zero-order valence-electron chi connectivity index (χ0n) is 13.3. The summed E-state index contributed by atoms with van der Waals surface area (Å²) in [6.07, 6.45) is 1.30. The van der Waals surface area contributed by atoms with Gasteiger partial charge in [-0.05, 0) is 18.3 Å². The summed E-state index contributed by atoms with van der Waals surface area (Å²) < 4.78 is 0. The Balaban J connectivity index is 2.41. The molecular formula is C15H29N3O2. The molecular weight excluding hydrogens is 254 g/mol. The lowest BCUT2D eigenvalue weighted by molar-refractivity contribution is -0.140. The van der Waals surface area contributed by atoms with Crippen LogP contribution in [0.1, 0.15) is 40.5 Å². The van der Waals surface area contributed by atoms with Crippen LogP contribution in [-0.2, 0) is 9.59 Å². The third-order valence-corrected chi connectivity index (χ3v) is 3.57. The summed E-state index contributed by atoms with van der Waals surface area (Å²) in [5, 5.41) is 0. The molecule has 0 aliphatic carbocycles. The molecule has 0 spiro atoms. The van der Waals surface area contributed by atoms with Gasteiger partial charge in [0.05, 0.1) is 6.04 Å². The van der Waals surface area contributed by atoms with Crippen LogP contribution < -0.4 is 5.73 Å². The summed E-state index contributed by atoms with van der Waals surface area (Å²) in [6, 6.07) is -0.409. The van der Waals surface area contributed by atoms with Crippen molar-refractivity contribution >= 4 is 11.8 Å². The van der Waals surface area contributed by atoms with Crippen LogP contribution in [-0.4, -0.2) is 53.8 Å². The Morgan fingerprint density at radius 1 is 0.950 bits per heavy atom. The van der Waals surface area contributed by atoms with Gasteiger partial charge < -0.3 is 15.5 Å². The lowest BCUT2D eigenvalue weighted by atomic mass is 10.0. The molecule has 20 heavy (non-hydrogen) atoms. The van der Waals surface area contributed by atoms with Gasteiger partial charge in [0.25, 0.3) is 0 Å². The molecule has 0 saturated carbocycles. The minimum atomic E-state index is -0.409. The molecule has 0 aromatic rings. The largest absolute Gasteiger partial charge is 0.339 e. The van der Waals surface area contributed by atoms with Crippen LogP contribution in [0.15, 0.2) is 0 Å². The Bertz CT molecular complexity index is 334. The molecule has 1 heterocycles. The topological polar surface area (TPSA) is 66.6 Å². The average Bonchev–Trinajstić information content (AvgIpc) is 2.36. The summed E-state index contributed by atoms with van der Waals surface area (Å²) >= 11 is 0. The molecule has 1 fully saturated rings. The first-order valence-electron chi connectivity index (χ1n) is 7.63. The Morgan fingerprint density at radius 2 is 1.45 bits per heavy atom. The summed E-state index contributed by atoms with van der Waals surface area (Å²) in [6.45, 7) is 10.7. The minimum absolute atomic E-state index is 0.0228. The highest BCUT2D eigenvalue weighted by Crippen LogP contribution is 2.11. The predicted octanol–water partition coefficient (Wildman–Crippen LogP) is 1.08. The van der Waals surface area contributed by atoms with Crippen molar-refractivity contribution in [3.05, 3.63) is 0 Å². The quantitative estimate of drug-likeness (QED) is 0.821. The molecule has 0 unspecified atom stereocenters. The Labute approximate surface area is 122 Å². The van der Waals surface area contributed by atoms with Crippen LogP contribution in [0.25, 0.3) is 0 Å². The van der Waals surface area contributed by atoms with E-state index in [9.17, 15) is 9.59 Å². The van der Waals surface area contributed by atoms with Crippen molar-refractivity contribution in [1.82, 2.24) is 9.80 Å². The van der Waals surface area contributed by atoms with E-state index < -0.39 is 6.04 Å². The van der Waals surface area contributed by atoms with E-state index in [-0.39, 0.29) is 11.8 Å². The SMILES string of the molecule is CC(C)CC(=O)N1CCN(C(=O)[C@@H](N)CC(C)C)CC1. The highest BCUT2D eigenvalue weighted by atomic mass is 16.2. The van der Waals surface area contributed by atoms with Crippen molar-refractivity contribution in [2.45, 2.75) is 46.6 Å². The van der Waals surface area contributed by atoms with Crippen LogP contribution in [0.2, 0.25) is 0 Å². The lowest BCUT2D eigenvalue weighted by Crippen LogP contribution is -2.54. The molecule has 0 aromatic heterocycles. The zero-order valence-corrected chi connectivity index (χ0v) is 13.3. The van der Waals surface area contributed by atoms with Gasteiger partial charge in [0.2, 0.25) is 11.8 Å². The number of nitrogens with two attached hydrogens (primary N) is 1. The summed E-state index contributed by atoms with van der Waals surface area (Å²) in [5.41, 5.74) is 5.94. The van der Waals surface area contributed by atoms with Gasteiger partial charge in [-0.1, -0.05) is 27.7 Å². The number of amides is 2. The Hall–Kier alpha value is -1.10. The van der Waals surface area contributed by atoms with E-state index in [2.05, 4.69) is 13.8 Å². The van der Waals surface area contributed by atoms with Gasteiger partial charge in [-0.2, -0.15) is 0 Å². The summed E-state index contributed by atoms with van der Waals surface area (Å²) in [7, 11) is 0. The maximum Gasteiger partial charge on any atom is 0.239 e. The van der Waals surface area contributed by atoms with E-state index >= 15 is 0 Å². The van der Waals surface area contributed by atoms with Crippen molar-refractivity contribution < 1.29 is 9.59 Å². The predicted molar refractivity (Wildman–Crippen MR) is 80.0 cm³/mol. The number of nitrogens with zero attached hydrogens (tertiary/aromatic N) is 2. The lowest BCUT2D eigenvalue weighted by Gasteiger charge is -2.36. The highest BCUT2D eigenvalue weighted by molar-refractivity contribution is 5.82. The first-order valence-corrected chi connectivity index (χ1v) is 7.63. The van der Waals surface area contributed by atoms with Gasteiger partial charge >= 0.3 is 0 Å². The van der Waals surface area contributed by atoms with Gasteiger partial charge in [0.1, 0.15) is 0 Å². The molecule has 1 atom stereocenters. The number of carbonyl (C=O) groups is 2. The van der Waals surface area contributed by atoms with Crippen LogP contribution in [0, 0.1) is 11.8 Å². The summed E-state index contributed by atoms with van der Waals surface area (Å²) in [4.78, 5) is 27.8. The van der Waals surface area contributed by atoms with E-state index in [0.29, 0.717) is 50.9 Å². The maximum absolute atomic E-state index is 12.2. The number of hydrogen-bond acceptors (Lipinski definition) is 3. The van der Waals surface area contributed by atoms with E-state index in [1.807, 2.05) is 18.7 Å². The zero-order chi connectivity index (χ0) is 15.3. The normalized spacial score (nSPS) is 17.8. The van der Waals surface area contributed by atoms with Gasteiger partial charge in [-0.3, -0.25) is 9.59 Å². The van der Waals surface area contributed by atoms with E-state index in [0.717, 1.165) is 0 Å². The fourth-order valence-corrected chi connectivity index (χ4v) is 2.50. The van der Waals surface area contributed by atoms with Gasteiger partial charge in [0.15, 0.2) is 0 Å². The fourth-order valence-electron chi connectivity index (χ4n) is 2.50. The van der Waals surface area contributed by atoms with E-state index in [4.69, 9.17) is 5.73 Å². The van der Waals surface area contributed by atoms with E-state index in [1.54, 1.807) is 4.90 Å². The molecule has 5 nitrogen and oxygen atoms in total. The van der Waals surface area contributed by atoms with Gasteiger partial charge in [-0.25, -0.2) is 0 Å². The molecule has 1 saturated heterocycles. The number of piperazine rings is 1. The molecule has 5 heteroatoms. The molecule has 0 bridgehead atoms. The number of carbonyl (C=O) groups excluding carboxylic acids is 2. The molecule has 1 aliphatic rings. The molecule has 2 N–H and O–H groups in total. The smallest absolute Gasteiger partial charge is 0.239 e. The maximum atomic E-state index is 12.2. The third-order valence-electron chi connectivity index (χ3n) is 3.57. The number of rotatable bonds is 5. The number of hydrogen-bond donors (Lipinski definition) is 1. The second-order valence-corrected chi connectivity index (χ2v) is 6.54. The molecule has 116 valence electrons. The molecule has 1 rings (SSSR count). The van der Waals surface area contributed by atoms with Crippen LogP contribution in [0.5, 0.6) is 0 Å². The molecule has 2 amide bonds. The Kier molecular flexibility index (Phi) is 6.46. The monoisotopic (exact) mass is 283 g/mol. The van der Waals surface area contributed by atoms with Crippen molar-refractivity contribution in [2.75, 3.05) is 26.2 Å². The van der Waals surface area contributed by atoms with Crippen LogP contribution >= 0.6 is 0 Å². The second-order valence-electron chi connectivity index (χ2n) is 6.54. The molecule has 0 aromatic carbocycles. The highest BCUT2D eigenvalue weighted by Gasteiger charge is 2.27.